The van der Waals surface area contributed by atoms with Crippen LogP contribution in [0.1, 0.15) is 19.8 Å². The number of thioether (sulfide) groups is 1. The molecule has 1 aliphatic heterocycles. The maximum atomic E-state index is 5.69. The molecule has 2 N–H and O–H groups in total. The lowest BCUT2D eigenvalue weighted by molar-refractivity contribution is 0.729. The molecule has 0 aromatic carbocycles. The molecule has 0 bridgehead atoms. The first-order valence-corrected chi connectivity index (χ1v) is 7.12. The third-order valence-corrected chi connectivity index (χ3v) is 3.79. The zero-order chi connectivity index (χ0) is 11.8. The number of aliphatic imine (C=N–C) groups is 1. The topological polar surface area (TPSA) is 36.4 Å². The fraction of sp³-hybridized carbons (Fsp3) is 0.727. The normalized spacial score (nSPS) is 20.9. The Kier molecular flexibility index (Phi) is 6.73. The van der Waals surface area contributed by atoms with Gasteiger partial charge in [0.25, 0.3) is 0 Å². The Hall–Kier alpha value is -0.350. The standard InChI is InChI=1S/C11H20ClN3S/c1-3-13-11(14-7-9(2)12)15-8-10-5-4-6-16-10/h10H,2-8H2,1H3,(H2,13,14,15). The van der Waals surface area contributed by atoms with Crippen LogP contribution in [-0.4, -0.2) is 36.6 Å². The van der Waals surface area contributed by atoms with Gasteiger partial charge in [0.05, 0.1) is 6.54 Å². The van der Waals surface area contributed by atoms with Crippen LogP contribution in [0.25, 0.3) is 0 Å². The number of hydrogen-bond acceptors (Lipinski definition) is 2. The Morgan fingerprint density at radius 3 is 2.94 bits per heavy atom. The summed E-state index contributed by atoms with van der Waals surface area (Å²) in [5, 5.41) is 7.82. The van der Waals surface area contributed by atoms with Crippen molar-refractivity contribution in [2.24, 2.45) is 4.99 Å². The molecule has 1 rings (SSSR count). The fourth-order valence-corrected chi connectivity index (χ4v) is 2.78. The third kappa shape index (κ3) is 5.66. The molecule has 1 aliphatic rings. The zero-order valence-corrected chi connectivity index (χ0v) is 11.3. The Morgan fingerprint density at radius 1 is 1.56 bits per heavy atom. The van der Waals surface area contributed by atoms with Crippen LogP contribution in [0.5, 0.6) is 0 Å². The number of nitrogens with zero attached hydrogens (tertiary/aromatic N) is 1. The van der Waals surface area contributed by atoms with Gasteiger partial charge in [0.2, 0.25) is 0 Å². The van der Waals surface area contributed by atoms with Crippen molar-refractivity contribution in [1.82, 2.24) is 10.6 Å². The lowest BCUT2D eigenvalue weighted by Crippen LogP contribution is -2.40. The maximum Gasteiger partial charge on any atom is 0.191 e. The minimum Gasteiger partial charge on any atom is -0.357 e. The Bertz CT molecular complexity index is 250. The van der Waals surface area contributed by atoms with E-state index in [1.165, 1.54) is 18.6 Å². The van der Waals surface area contributed by atoms with Gasteiger partial charge in [0, 0.05) is 23.4 Å². The quantitative estimate of drug-likeness (QED) is 0.588. The lowest BCUT2D eigenvalue weighted by Gasteiger charge is -2.14. The molecule has 0 amide bonds. The Balaban J connectivity index is 2.31. The summed E-state index contributed by atoms with van der Waals surface area (Å²) in [4.78, 5) is 4.33. The van der Waals surface area contributed by atoms with Gasteiger partial charge in [0.15, 0.2) is 5.96 Å². The summed E-state index contributed by atoms with van der Waals surface area (Å²) in [5.41, 5.74) is 0. The second-order valence-corrected chi connectivity index (χ2v) is 5.67. The van der Waals surface area contributed by atoms with Crippen molar-refractivity contribution in [2.45, 2.75) is 25.0 Å². The van der Waals surface area contributed by atoms with Gasteiger partial charge >= 0.3 is 0 Å². The van der Waals surface area contributed by atoms with Gasteiger partial charge in [0.1, 0.15) is 0 Å². The van der Waals surface area contributed by atoms with Crippen LogP contribution in [0.2, 0.25) is 0 Å². The molecule has 3 nitrogen and oxygen atoms in total. The highest BCUT2D eigenvalue weighted by molar-refractivity contribution is 8.00. The van der Waals surface area contributed by atoms with Crippen LogP contribution in [0.15, 0.2) is 16.6 Å². The maximum absolute atomic E-state index is 5.69. The zero-order valence-electron chi connectivity index (χ0n) is 9.76. The van der Waals surface area contributed by atoms with E-state index >= 15 is 0 Å². The van der Waals surface area contributed by atoms with Crippen molar-refractivity contribution in [1.29, 1.82) is 0 Å². The van der Waals surface area contributed by atoms with E-state index in [1.807, 2.05) is 11.8 Å². The minimum atomic E-state index is 0.467. The highest BCUT2D eigenvalue weighted by Gasteiger charge is 2.15. The second-order valence-electron chi connectivity index (χ2n) is 3.73. The van der Waals surface area contributed by atoms with Gasteiger partial charge in [-0.25, -0.2) is 4.99 Å². The largest absolute Gasteiger partial charge is 0.357 e. The molecule has 1 heterocycles. The third-order valence-electron chi connectivity index (χ3n) is 2.27. The summed E-state index contributed by atoms with van der Waals surface area (Å²) in [6, 6.07) is 0. The number of guanidine groups is 1. The number of hydrogen-bond donors (Lipinski definition) is 2. The van der Waals surface area contributed by atoms with Crippen LogP contribution >= 0.6 is 23.4 Å². The molecule has 0 aliphatic carbocycles. The average Bonchev–Trinajstić information content (AvgIpc) is 2.75. The summed E-state index contributed by atoms with van der Waals surface area (Å²) in [6.45, 7) is 7.98. The molecule has 0 saturated carbocycles. The van der Waals surface area contributed by atoms with Gasteiger partial charge in [-0.2, -0.15) is 11.8 Å². The van der Waals surface area contributed by atoms with E-state index in [2.05, 4.69) is 29.1 Å². The van der Waals surface area contributed by atoms with E-state index in [0.29, 0.717) is 11.6 Å². The summed E-state index contributed by atoms with van der Waals surface area (Å²) in [5.74, 6) is 2.12. The van der Waals surface area contributed by atoms with Crippen molar-refractivity contribution in [3.8, 4) is 0 Å². The van der Waals surface area contributed by atoms with Gasteiger partial charge in [-0.1, -0.05) is 18.2 Å². The van der Waals surface area contributed by atoms with E-state index in [1.54, 1.807) is 0 Å². The van der Waals surface area contributed by atoms with Crippen LogP contribution in [0.4, 0.5) is 0 Å². The van der Waals surface area contributed by atoms with Crippen molar-refractivity contribution in [2.75, 3.05) is 25.4 Å². The van der Waals surface area contributed by atoms with Gasteiger partial charge in [-0.15, -0.1) is 0 Å². The summed E-state index contributed by atoms with van der Waals surface area (Å²) in [6.07, 6.45) is 2.64. The van der Waals surface area contributed by atoms with Crippen LogP contribution in [0, 0.1) is 0 Å². The molecule has 0 radical (unpaired) electrons. The molecule has 0 aromatic rings. The Morgan fingerprint density at radius 2 is 2.38 bits per heavy atom. The molecular weight excluding hydrogens is 242 g/mol. The second kappa shape index (κ2) is 7.85. The predicted molar refractivity (Wildman–Crippen MR) is 74.5 cm³/mol. The monoisotopic (exact) mass is 261 g/mol. The molecule has 5 heteroatoms. The average molecular weight is 262 g/mol. The van der Waals surface area contributed by atoms with Crippen LogP contribution < -0.4 is 10.6 Å². The van der Waals surface area contributed by atoms with Gasteiger partial charge in [-0.3, -0.25) is 0 Å². The first-order valence-electron chi connectivity index (χ1n) is 5.69. The summed E-state index contributed by atoms with van der Waals surface area (Å²) < 4.78 is 0. The van der Waals surface area contributed by atoms with Crippen molar-refractivity contribution >= 4 is 29.3 Å². The molecule has 1 unspecified atom stereocenters. The van der Waals surface area contributed by atoms with Crippen LogP contribution in [-0.2, 0) is 0 Å². The number of halogens is 1. The van der Waals surface area contributed by atoms with Gasteiger partial charge in [-0.05, 0) is 25.5 Å². The predicted octanol–water partition coefficient (Wildman–Crippen LogP) is 2.19. The summed E-state index contributed by atoms with van der Waals surface area (Å²) in [7, 11) is 0. The first-order chi connectivity index (χ1) is 7.72. The summed E-state index contributed by atoms with van der Waals surface area (Å²) >= 11 is 7.73. The van der Waals surface area contributed by atoms with Gasteiger partial charge < -0.3 is 10.6 Å². The number of rotatable bonds is 5. The van der Waals surface area contributed by atoms with E-state index in [9.17, 15) is 0 Å². The minimum absolute atomic E-state index is 0.467. The molecule has 1 atom stereocenters. The smallest absolute Gasteiger partial charge is 0.191 e. The lowest BCUT2D eigenvalue weighted by atomic mass is 10.2. The van der Waals surface area contributed by atoms with Crippen molar-refractivity contribution in [3.63, 3.8) is 0 Å². The SMILES string of the molecule is C=C(Cl)CN=C(NCC)NCC1CCCS1. The molecule has 1 fully saturated rings. The molecule has 92 valence electrons. The first kappa shape index (κ1) is 13.7. The van der Waals surface area contributed by atoms with E-state index in [-0.39, 0.29) is 0 Å². The number of nitrogens with one attached hydrogen (secondary N) is 2. The van der Waals surface area contributed by atoms with Crippen molar-refractivity contribution < 1.29 is 0 Å². The molecule has 16 heavy (non-hydrogen) atoms. The highest BCUT2D eigenvalue weighted by Crippen LogP contribution is 2.25. The van der Waals surface area contributed by atoms with E-state index < -0.39 is 0 Å². The van der Waals surface area contributed by atoms with E-state index in [4.69, 9.17) is 11.6 Å². The molecular formula is C11H20ClN3S. The van der Waals surface area contributed by atoms with Crippen molar-refractivity contribution in [3.05, 3.63) is 11.6 Å². The Labute approximate surface area is 107 Å². The fourth-order valence-electron chi connectivity index (χ4n) is 1.52. The van der Waals surface area contributed by atoms with E-state index in [0.717, 1.165) is 24.3 Å². The molecule has 1 saturated heterocycles. The highest BCUT2D eigenvalue weighted by atomic mass is 35.5. The molecule has 0 aromatic heterocycles. The van der Waals surface area contributed by atoms with Crippen LogP contribution in [0.3, 0.4) is 0 Å². The molecule has 0 spiro atoms.